The zero-order chi connectivity index (χ0) is 16.7. The molecule has 118 valence electrons. The number of benzene rings is 2. The van der Waals surface area contributed by atoms with E-state index in [-0.39, 0.29) is 17.5 Å². The minimum Gasteiger partial charge on any atom is -0.339 e. The van der Waals surface area contributed by atoms with Gasteiger partial charge >= 0.3 is 0 Å². The molecular formula is C21H22O2. The highest BCUT2D eigenvalue weighted by Crippen LogP contribution is 2.44. The summed E-state index contributed by atoms with van der Waals surface area (Å²) in [5, 5.41) is 0. The Morgan fingerprint density at radius 1 is 0.783 bits per heavy atom. The first kappa shape index (κ1) is 15.8. The molecule has 0 aliphatic carbocycles. The first-order chi connectivity index (χ1) is 10.8. The van der Waals surface area contributed by atoms with E-state index in [1.807, 2.05) is 24.3 Å². The Labute approximate surface area is 138 Å². The standard InChI is InChI=1S/C21H22O2/c1-6-15-7-9-16(10-8-15)17-11-13-18(14-12-17)19-22-20(2,3)21(4,5)23-19/h1,7-14,19H,2-5H3. The van der Waals surface area contributed by atoms with Crippen LogP contribution in [0, 0.1) is 12.3 Å². The predicted molar refractivity (Wildman–Crippen MR) is 92.9 cm³/mol. The Bertz CT molecular complexity index is 715. The summed E-state index contributed by atoms with van der Waals surface area (Å²) in [5.74, 6) is 2.63. The Balaban J connectivity index is 1.81. The molecule has 0 unspecified atom stereocenters. The summed E-state index contributed by atoms with van der Waals surface area (Å²) in [6.45, 7) is 8.26. The normalized spacial score (nSPS) is 19.4. The molecule has 2 heteroatoms. The number of ether oxygens (including phenoxy) is 2. The number of rotatable bonds is 2. The van der Waals surface area contributed by atoms with Crippen molar-refractivity contribution in [3.05, 3.63) is 59.7 Å². The molecule has 0 amide bonds. The van der Waals surface area contributed by atoms with Crippen LogP contribution in [0.2, 0.25) is 0 Å². The zero-order valence-electron chi connectivity index (χ0n) is 14.1. The van der Waals surface area contributed by atoms with Crippen LogP contribution in [0.15, 0.2) is 48.5 Å². The van der Waals surface area contributed by atoms with E-state index in [1.54, 1.807) is 0 Å². The number of hydrogen-bond acceptors (Lipinski definition) is 2. The molecule has 0 N–H and O–H groups in total. The van der Waals surface area contributed by atoms with E-state index in [9.17, 15) is 0 Å². The summed E-state index contributed by atoms with van der Waals surface area (Å²) in [6, 6.07) is 16.3. The van der Waals surface area contributed by atoms with Gasteiger partial charge in [-0.15, -0.1) is 6.42 Å². The highest BCUT2D eigenvalue weighted by Gasteiger charge is 2.49. The average Bonchev–Trinajstić information content (AvgIpc) is 2.76. The summed E-state index contributed by atoms with van der Waals surface area (Å²) in [7, 11) is 0. The van der Waals surface area contributed by atoms with Crippen LogP contribution < -0.4 is 0 Å². The van der Waals surface area contributed by atoms with Crippen LogP contribution in [0.1, 0.15) is 45.1 Å². The van der Waals surface area contributed by atoms with E-state index < -0.39 is 0 Å². The third-order valence-corrected chi connectivity index (χ3v) is 4.82. The van der Waals surface area contributed by atoms with Crippen LogP contribution >= 0.6 is 0 Å². The van der Waals surface area contributed by atoms with Gasteiger partial charge in [0.05, 0.1) is 11.2 Å². The van der Waals surface area contributed by atoms with Crippen molar-refractivity contribution in [1.29, 1.82) is 0 Å². The van der Waals surface area contributed by atoms with Gasteiger partial charge in [0.2, 0.25) is 0 Å². The molecule has 1 aliphatic rings. The maximum atomic E-state index is 6.08. The Morgan fingerprint density at radius 2 is 1.22 bits per heavy atom. The van der Waals surface area contributed by atoms with Crippen LogP contribution in [0.25, 0.3) is 11.1 Å². The molecule has 0 saturated carbocycles. The largest absolute Gasteiger partial charge is 0.339 e. The Kier molecular flexibility index (Phi) is 3.80. The summed E-state index contributed by atoms with van der Waals surface area (Å²) in [6.07, 6.45) is 5.07. The van der Waals surface area contributed by atoms with Crippen molar-refractivity contribution in [3.8, 4) is 23.5 Å². The average molecular weight is 306 g/mol. The molecule has 1 heterocycles. The molecule has 0 spiro atoms. The van der Waals surface area contributed by atoms with Gasteiger partial charge in [-0.1, -0.05) is 42.3 Å². The van der Waals surface area contributed by atoms with Crippen LogP contribution in [-0.4, -0.2) is 11.2 Å². The van der Waals surface area contributed by atoms with Gasteiger partial charge in [-0.2, -0.15) is 0 Å². The summed E-state index contributed by atoms with van der Waals surface area (Å²) in [4.78, 5) is 0. The van der Waals surface area contributed by atoms with Gasteiger partial charge in [-0.05, 0) is 51.0 Å². The highest BCUT2D eigenvalue weighted by molar-refractivity contribution is 5.64. The molecule has 2 nitrogen and oxygen atoms in total. The zero-order valence-corrected chi connectivity index (χ0v) is 14.1. The van der Waals surface area contributed by atoms with Gasteiger partial charge in [0, 0.05) is 11.1 Å². The molecule has 1 fully saturated rings. The Hall–Kier alpha value is -2.08. The second kappa shape index (κ2) is 5.53. The second-order valence-corrected chi connectivity index (χ2v) is 6.93. The van der Waals surface area contributed by atoms with Gasteiger partial charge in [0.1, 0.15) is 0 Å². The van der Waals surface area contributed by atoms with Crippen LogP contribution in [0.5, 0.6) is 0 Å². The third kappa shape index (κ3) is 2.91. The molecule has 0 radical (unpaired) electrons. The first-order valence-electron chi connectivity index (χ1n) is 7.85. The SMILES string of the molecule is C#Cc1ccc(-c2ccc(C3OC(C)(C)C(C)(C)O3)cc2)cc1. The van der Waals surface area contributed by atoms with E-state index in [1.165, 1.54) is 0 Å². The molecule has 23 heavy (non-hydrogen) atoms. The first-order valence-corrected chi connectivity index (χ1v) is 7.85. The number of hydrogen-bond donors (Lipinski definition) is 0. The molecule has 3 rings (SSSR count). The minimum atomic E-state index is -0.321. The summed E-state index contributed by atoms with van der Waals surface area (Å²) in [5.41, 5.74) is 3.58. The molecule has 0 atom stereocenters. The van der Waals surface area contributed by atoms with E-state index in [0.29, 0.717) is 0 Å². The summed E-state index contributed by atoms with van der Waals surface area (Å²) < 4.78 is 12.2. The van der Waals surface area contributed by atoms with Crippen molar-refractivity contribution >= 4 is 0 Å². The smallest absolute Gasteiger partial charge is 0.185 e. The van der Waals surface area contributed by atoms with Gasteiger partial charge in [-0.25, -0.2) is 0 Å². The summed E-state index contributed by atoms with van der Waals surface area (Å²) >= 11 is 0. The third-order valence-electron chi connectivity index (χ3n) is 4.82. The van der Waals surface area contributed by atoms with E-state index in [2.05, 4.69) is 57.9 Å². The fraction of sp³-hybridized carbons (Fsp3) is 0.333. The van der Waals surface area contributed by atoms with Gasteiger partial charge in [0.15, 0.2) is 6.29 Å². The topological polar surface area (TPSA) is 18.5 Å². The van der Waals surface area contributed by atoms with Crippen LogP contribution in [0.3, 0.4) is 0 Å². The molecule has 0 bridgehead atoms. The molecule has 1 saturated heterocycles. The quantitative estimate of drug-likeness (QED) is 0.732. The maximum Gasteiger partial charge on any atom is 0.185 e. The van der Waals surface area contributed by atoms with Crippen LogP contribution in [0.4, 0.5) is 0 Å². The fourth-order valence-electron chi connectivity index (χ4n) is 2.57. The number of terminal acetylenes is 1. The molecule has 1 aliphatic heterocycles. The van der Waals surface area contributed by atoms with Crippen molar-refractivity contribution < 1.29 is 9.47 Å². The lowest BCUT2D eigenvalue weighted by Gasteiger charge is -2.30. The highest BCUT2D eigenvalue weighted by atomic mass is 16.7. The Morgan fingerprint density at radius 3 is 1.65 bits per heavy atom. The second-order valence-electron chi connectivity index (χ2n) is 6.93. The van der Waals surface area contributed by atoms with E-state index >= 15 is 0 Å². The monoisotopic (exact) mass is 306 g/mol. The maximum absolute atomic E-state index is 6.08. The van der Waals surface area contributed by atoms with E-state index in [0.717, 1.165) is 22.3 Å². The lowest BCUT2D eigenvalue weighted by atomic mass is 9.90. The molecule has 2 aromatic rings. The van der Waals surface area contributed by atoms with Crippen molar-refractivity contribution in [3.63, 3.8) is 0 Å². The van der Waals surface area contributed by atoms with Crippen molar-refractivity contribution in [1.82, 2.24) is 0 Å². The fourth-order valence-corrected chi connectivity index (χ4v) is 2.57. The molecule has 2 aromatic carbocycles. The van der Waals surface area contributed by atoms with Crippen molar-refractivity contribution in [2.24, 2.45) is 0 Å². The van der Waals surface area contributed by atoms with Crippen LogP contribution in [-0.2, 0) is 9.47 Å². The van der Waals surface area contributed by atoms with E-state index in [4.69, 9.17) is 15.9 Å². The van der Waals surface area contributed by atoms with Crippen molar-refractivity contribution in [2.75, 3.05) is 0 Å². The minimum absolute atomic E-state index is 0.318. The predicted octanol–water partition coefficient (Wildman–Crippen LogP) is 4.94. The molecule has 0 aromatic heterocycles. The lowest BCUT2D eigenvalue weighted by molar-refractivity contribution is -0.0895. The molecular weight excluding hydrogens is 284 g/mol. The van der Waals surface area contributed by atoms with Gasteiger partial charge in [0.25, 0.3) is 0 Å². The van der Waals surface area contributed by atoms with Gasteiger partial charge < -0.3 is 9.47 Å². The van der Waals surface area contributed by atoms with Crippen molar-refractivity contribution in [2.45, 2.75) is 45.2 Å². The lowest BCUT2D eigenvalue weighted by Crippen LogP contribution is -2.41. The van der Waals surface area contributed by atoms with Gasteiger partial charge in [-0.3, -0.25) is 0 Å².